The van der Waals surface area contributed by atoms with E-state index in [1.165, 1.54) is 24.6 Å². The topological polar surface area (TPSA) is 51.1 Å². The molecular weight excluding hydrogens is 359 g/mol. The molecular formula is C22H39FN2O3. The van der Waals surface area contributed by atoms with Gasteiger partial charge in [0.1, 0.15) is 6.67 Å². The quantitative estimate of drug-likeness (QED) is 0.341. The summed E-state index contributed by atoms with van der Waals surface area (Å²) in [6.07, 6.45) is 11.0. The van der Waals surface area contributed by atoms with Crippen molar-refractivity contribution < 1.29 is 18.7 Å². The molecule has 6 heteroatoms. The van der Waals surface area contributed by atoms with Gasteiger partial charge in [0.15, 0.2) is 0 Å². The van der Waals surface area contributed by atoms with E-state index in [0.29, 0.717) is 12.6 Å². The van der Waals surface area contributed by atoms with E-state index in [0.717, 1.165) is 58.4 Å². The molecule has 162 valence electrons. The van der Waals surface area contributed by atoms with Crippen LogP contribution in [0.5, 0.6) is 0 Å². The smallest absolute Gasteiger partial charge is 0.310 e. The summed E-state index contributed by atoms with van der Waals surface area (Å²) in [4.78, 5) is 17.9. The Morgan fingerprint density at radius 3 is 2.64 bits per heavy atom. The Labute approximate surface area is 170 Å². The molecule has 5 nitrogen and oxygen atoms in total. The zero-order valence-corrected chi connectivity index (χ0v) is 17.9. The van der Waals surface area contributed by atoms with Gasteiger partial charge in [-0.2, -0.15) is 0 Å². The largest absolute Gasteiger partial charge is 0.465 e. The van der Waals surface area contributed by atoms with E-state index in [2.05, 4.69) is 23.4 Å². The van der Waals surface area contributed by atoms with Gasteiger partial charge in [-0.15, -0.1) is 0 Å². The number of rotatable bonds is 8. The predicted octanol–water partition coefficient (Wildman–Crippen LogP) is 4.58. The molecule has 2 heterocycles. The number of nitrogens with zero attached hydrogens (tertiary/aromatic N) is 2. The molecule has 2 saturated heterocycles. The molecule has 0 amide bonds. The number of halogens is 1. The van der Waals surface area contributed by atoms with Crippen LogP contribution in [0.1, 0.15) is 52.9 Å². The fourth-order valence-corrected chi connectivity index (χ4v) is 3.02. The SMILES string of the molecule is C=CN=C/C=C\CF.CC.CCCCOC(=O)C1CCN(C2CCOCC2)C1. The lowest BCUT2D eigenvalue weighted by Crippen LogP contribution is -2.38. The number of allylic oxidation sites excluding steroid dienone is 2. The van der Waals surface area contributed by atoms with Crippen LogP contribution in [0.25, 0.3) is 0 Å². The molecule has 2 aliphatic heterocycles. The van der Waals surface area contributed by atoms with Crippen LogP contribution in [0.2, 0.25) is 0 Å². The van der Waals surface area contributed by atoms with E-state index in [-0.39, 0.29) is 11.9 Å². The van der Waals surface area contributed by atoms with Crippen LogP contribution >= 0.6 is 0 Å². The van der Waals surface area contributed by atoms with Crippen LogP contribution in [0.15, 0.2) is 29.9 Å². The molecule has 28 heavy (non-hydrogen) atoms. The third-order valence-corrected chi connectivity index (χ3v) is 4.51. The van der Waals surface area contributed by atoms with Crippen molar-refractivity contribution in [3.8, 4) is 0 Å². The molecule has 0 saturated carbocycles. The van der Waals surface area contributed by atoms with E-state index < -0.39 is 6.67 Å². The first-order valence-corrected chi connectivity index (χ1v) is 10.6. The number of ether oxygens (including phenoxy) is 2. The number of carbonyl (C=O) groups excluding carboxylic acids is 1. The molecule has 0 spiro atoms. The fraction of sp³-hybridized carbons (Fsp3) is 0.727. The third kappa shape index (κ3) is 12.0. The highest BCUT2D eigenvalue weighted by Crippen LogP contribution is 2.24. The Bertz CT molecular complexity index is 449. The average Bonchev–Trinajstić information content (AvgIpc) is 3.24. The van der Waals surface area contributed by atoms with Crippen LogP contribution in [0.3, 0.4) is 0 Å². The molecule has 0 aromatic carbocycles. The molecule has 2 fully saturated rings. The lowest BCUT2D eigenvalue weighted by atomic mass is 10.1. The number of aliphatic imine (C=N–C) groups is 1. The van der Waals surface area contributed by atoms with Crippen molar-refractivity contribution in [2.45, 2.75) is 58.9 Å². The Morgan fingerprint density at radius 2 is 2.04 bits per heavy atom. The number of esters is 1. The van der Waals surface area contributed by atoms with Gasteiger partial charge < -0.3 is 9.47 Å². The Morgan fingerprint density at radius 1 is 1.32 bits per heavy atom. The van der Waals surface area contributed by atoms with Crippen molar-refractivity contribution in [3.63, 3.8) is 0 Å². The van der Waals surface area contributed by atoms with Crippen molar-refractivity contribution in [1.82, 2.24) is 4.90 Å². The second-order valence-corrected chi connectivity index (χ2v) is 6.41. The van der Waals surface area contributed by atoms with E-state index in [9.17, 15) is 9.18 Å². The predicted molar refractivity (Wildman–Crippen MR) is 115 cm³/mol. The van der Waals surface area contributed by atoms with Gasteiger partial charge in [-0.3, -0.25) is 14.7 Å². The minimum absolute atomic E-state index is 0.0120. The van der Waals surface area contributed by atoms with E-state index in [1.807, 2.05) is 13.8 Å². The number of alkyl halides is 1. The second-order valence-electron chi connectivity index (χ2n) is 6.41. The van der Waals surface area contributed by atoms with Gasteiger partial charge in [0.25, 0.3) is 0 Å². The standard InChI is InChI=1S/C14H25NO3.C6H8FN.C2H6/c1-2-3-8-18-14(16)12-4-7-15(11-12)13-5-9-17-10-6-13;1-2-8-6-4-3-5-7;1-2/h12-13H,2-11H2,1H3;2-4,6H,1,5H2;1-2H3/b;4-3-,8-6?;. The average molecular weight is 399 g/mol. The van der Waals surface area contributed by atoms with Crippen LogP contribution in [-0.4, -0.2) is 62.7 Å². The molecule has 1 atom stereocenters. The van der Waals surface area contributed by atoms with Crippen molar-refractivity contribution in [1.29, 1.82) is 0 Å². The number of hydrogen-bond acceptors (Lipinski definition) is 5. The summed E-state index contributed by atoms with van der Waals surface area (Å²) in [5.74, 6) is 0.114. The third-order valence-electron chi connectivity index (χ3n) is 4.51. The first kappa shape index (κ1) is 26.5. The van der Waals surface area contributed by atoms with Crippen molar-refractivity contribution >= 4 is 12.2 Å². The van der Waals surface area contributed by atoms with E-state index in [4.69, 9.17) is 9.47 Å². The minimum atomic E-state index is -0.441. The lowest BCUT2D eigenvalue weighted by Gasteiger charge is -2.30. The van der Waals surface area contributed by atoms with Gasteiger partial charge in [-0.1, -0.05) is 39.8 Å². The minimum Gasteiger partial charge on any atom is -0.465 e. The highest BCUT2D eigenvalue weighted by Gasteiger charge is 2.33. The van der Waals surface area contributed by atoms with Gasteiger partial charge in [-0.25, -0.2) is 4.39 Å². The summed E-state index contributed by atoms with van der Waals surface area (Å²) in [6, 6.07) is 0.618. The number of carbonyl (C=O) groups is 1. The maximum Gasteiger partial charge on any atom is 0.310 e. The zero-order valence-electron chi connectivity index (χ0n) is 17.9. The van der Waals surface area contributed by atoms with Gasteiger partial charge in [0.2, 0.25) is 0 Å². The second kappa shape index (κ2) is 18.8. The summed E-state index contributed by atoms with van der Waals surface area (Å²) >= 11 is 0. The molecule has 0 radical (unpaired) electrons. The maximum absolute atomic E-state index is 11.9. The van der Waals surface area contributed by atoms with Crippen molar-refractivity contribution in [2.75, 3.05) is 39.6 Å². The van der Waals surface area contributed by atoms with Gasteiger partial charge in [0.05, 0.1) is 12.5 Å². The highest BCUT2D eigenvalue weighted by molar-refractivity contribution is 5.73. The molecule has 0 bridgehead atoms. The molecule has 2 aliphatic rings. The molecule has 0 N–H and O–H groups in total. The highest BCUT2D eigenvalue weighted by atomic mass is 19.1. The summed E-state index contributed by atoms with van der Waals surface area (Å²) < 4.78 is 21.9. The van der Waals surface area contributed by atoms with Gasteiger partial charge in [-0.05, 0) is 38.3 Å². The van der Waals surface area contributed by atoms with Gasteiger partial charge in [0, 0.05) is 38.2 Å². The molecule has 0 aliphatic carbocycles. The summed E-state index contributed by atoms with van der Waals surface area (Å²) in [7, 11) is 0. The number of hydrogen-bond donors (Lipinski definition) is 0. The number of likely N-dealkylation sites (tertiary alicyclic amines) is 1. The normalized spacial score (nSPS) is 20.4. The first-order chi connectivity index (χ1) is 13.7. The summed E-state index contributed by atoms with van der Waals surface area (Å²) in [5.41, 5.74) is 0. The van der Waals surface area contributed by atoms with Crippen LogP contribution in [0.4, 0.5) is 4.39 Å². The van der Waals surface area contributed by atoms with Crippen LogP contribution in [0, 0.1) is 5.92 Å². The fourth-order valence-electron chi connectivity index (χ4n) is 3.02. The molecule has 2 rings (SSSR count). The summed E-state index contributed by atoms with van der Waals surface area (Å²) in [6.45, 7) is 13.2. The lowest BCUT2D eigenvalue weighted by molar-refractivity contribution is -0.148. The summed E-state index contributed by atoms with van der Waals surface area (Å²) in [5, 5.41) is 0. The van der Waals surface area contributed by atoms with Gasteiger partial charge >= 0.3 is 5.97 Å². The molecule has 0 aromatic rings. The molecule has 1 unspecified atom stereocenters. The number of unbranched alkanes of at least 4 members (excludes halogenated alkanes) is 1. The maximum atomic E-state index is 11.9. The Kier molecular flexibility index (Phi) is 17.8. The van der Waals surface area contributed by atoms with E-state index in [1.54, 1.807) is 0 Å². The van der Waals surface area contributed by atoms with E-state index >= 15 is 0 Å². The Hall–Kier alpha value is -1.53. The van der Waals surface area contributed by atoms with Crippen LogP contribution in [-0.2, 0) is 14.3 Å². The Balaban J connectivity index is 0.000000618. The molecule has 0 aromatic heterocycles. The van der Waals surface area contributed by atoms with Crippen molar-refractivity contribution in [3.05, 3.63) is 24.9 Å². The van der Waals surface area contributed by atoms with Crippen molar-refractivity contribution in [2.24, 2.45) is 10.9 Å². The zero-order chi connectivity index (χ0) is 21.0. The van der Waals surface area contributed by atoms with Crippen LogP contribution < -0.4 is 0 Å². The first-order valence-electron chi connectivity index (χ1n) is 10.6. The monoisotopic (exact) mass is 398 g/mol.